The van der Waals surface area contributed by atoms with Gasteiger partial charge in [0.1, 0.15) is 12.1 Å². The van der Waals surface area contributed by atoms with Gasteiger partial charge in [0.15, 0.2) is 0 Å². The van der Waals surface area contributed by atoms with E-state index in [0.29, 0.717) is 25.9 Å². The molecule has 1 aliphatic heterocycles. The third kappa shape index (κ3) is 5.90. The van der Waals surface area contributed by atoms with Crippen LogP contribution in [0.4, 0.5) is 4.79 Å². The first-order valence-electron chi connectivity index (χ1n) is 14.9. The molecule has 218 valence electrons. The molecule has 2 fully saturated rings. The fourth-order valence-corrected chi connectivity index (χ4v) is 6.48. The number of likely N-dealkylation sites (tertiary alicyclic amines) is 1. The maximum absolute atomic E-state index is 14.1. The van der Waals surface area contributed by atoms with Crippen molar-refractivity contribution in [2.24, 2.45) is 0 Å². The van der Waals surface area contributed by atoms with Gasteiger partial charge >= 0.3 is 12.1 Å². The number of carboxylic acid groups (broad SMARTS) is 1. The number of nitrogens with zero attached hydrogens (tertiary/aromatic N) is 2. The second kappa shape index (κ2) is 12.0. The van der Waals surface area contributed by atoms with Gasteiger partial charge in [0.05, 0.1) is 6.42 Å². The van der Waals surface area contributed by atoms with E-state index in [0.717, 1.165) is 41.6 Å². The van der Waals surface area contributed by atoms with E-state index >= 15 is 0 Å². The van der Waals surface area contributed by atoms with E-state index in [2.05, 4.69) is 46.6 Å². The maximum Gasteiger partial charge on any atom is 0.408 e. The van der Waals surface area contributed by atoms with Crippen molar-refractivity contribution in [3.8, 4) is 11.1 Å². The molecule has 8 nitrogen and oxygen atoms in total. The molecule has 0 radical (unpaired) electrons. The molecule has 0 aromatic heterocycles. The van der Waals surface area contributed by atoms with Crippen molar-refractivity contribution in [3.05, 3.63) is 95.6 Å². The normalized spacial score (nSPS) is 17.6. The van der Waals surface area contributed by atoms with Crippen LogP contribution in [0.3, 0.4) is 0 Å². The second-order valence-electron chi connectivity index (χ2n) is 11.7. The number of benzene rings is 3. The summed E-state index contributed by atoms with van der Waals surface area (Å²) < 4.78 is 5.87. The Kier molecular flexibility index (Phi) is 7.98. The summed E-state index contributed by atoms with van der Waals surface area (Å²) in [6, 6.07) is 26.6. The fraction of sp³-hybridized carbons (Fsp3) is 0.382. The van der Waals surface area contributed by atoms with E-state index in [1.807, 2.05) is 42.5 Å². The first-order chi connectivity index (χ1) is 20.4. The summed E-state index contributed by atoms with van der Waals surface area (Å²) in [5, 5.41) is 12.3. The van der Waals surface area contributed by atoms with Crippen LogP contribution in [0.5, 0.6) is 0 Å². The van der Waals surface area contributed by atoms with Gasteiger partial charge in [-0.15, -0.1) is 0 Å². The molecule has 2 N–H and O–H groups in total. The Balaban J connectivity index is 1.18. The average molecular weight is 568 g/mol. The lowest BCUT2D eigenvalue weighted by molar-refractivity contribution is -0.143. The summed E-state index contributed by atoms with van der Waals surface area (Å²) in [7, 11) is 0. The molecule has 0 spiro atoms. The predicted octanol–water partition coefficient (Wildman–Crippen LogP) is 5.03. The van der Waals surface area contributed by atoms with E-state index in [9.17, 15) is 19.5 Å². The highest BCUT2D eigenvalue weighted by atomic mass is 16.5. The molecule has 0 bridgehead atoms. The summed E-state index contributed by atoms with van der Waals surface area (Å²) in [5.41, 5.74) is 4.61. The molecule has 0 unspecified atom stereocenters. The van der Waals surface area contributed by atoms with Crippen molar-refractivity contribution in [2.75, 3.05) is 26.2 Å². The lowest BCUT2D eigenvalue weighted by atomic mass is 9.85. The Hall–Kier alpha value is -4.17. The molecule has 0 atom stereocenters. The second-order valence-corrected chi connectivity index (χ2v) is 11.7. The van der Waals surface area contributed by atoms with E-state index < -0.39 is 17.6 Å². The fourth-order valence-electron chi connectivity index (χ4n) is 6.48. The predicted molar refractivity (Wildman–Crippen MR) is 159 cm³/mol. The van der Waals surface area contributed by atoms with E-state index in [4.69, 9.17) is 4.74 Å². The molecular formula is C34H37N3O5. The number of alkyl carbamates (subject to hydrolysis) is 1. The van der Waals surface area contributed by atoms with Crippen molar-refractivity contribution >= 4 is 18.0 Å². The Morgan fingerprint density at radius 3 is 2.07 bits per heavy atom. The number of piperidine rings is 1. The summed E-state index contributed by atoms with van der Waals surface area (Å²) in [6.07, 6.45) is 1.83. The molecule has 1 saturated heterocycles. The SMILES string of the molecule is O=C(O)CCN(C(=O)C1(NC(=O)OCC2c3ccccc3-c3ccccc32)CCN(Cc2ccccc2)CC1)C1CC1. The third-order valence-electron chi connectivity index (χ3n) is 8.87. The number of hydrogen-bond donors (Lipinski definition) is 2. The number of amides is 2. The quantitative estimate of drug-likeness (QED) is 0.357. The number of fused-ring (bicyclic) bond motifs is 3. The Morgan fingerprint density at radius 1 is 0.881 bits per heavy atom. The Morgan fingerprint density at radius 2 is 1.48 bits per heavy atom. The zero-order valence-corrected chi connectivity index (χ0v) is 23.7. The number of nitrogens with one attached hydrogen (secondary N) is 1. The van der Waals surface area contributed by atoms with Crippen molar-refractivity contribution in [1.82, 2.24) is 15.1 Å². The van der Waals surface area contributed by atoms with Crippen molar-refractivity contribution in [1.29, 1.82) is 0 Å². The van der Waals surface area contributed by atoms with E-state index in [1.54, 1.807) is 4.90 Å². The van der Waals surface area contributed by atoms with Crippen LogP contribution in [0.1, 0.15) is 54.7 Å². The molecule has 3 aromatic rings. The standard InChI is InChI=1S/C34H37N3O5/c38-31(39)16-19-37(25-14-15-25)32(40)34(17-20-36(21-18-34)22-24-8-2-1-3-9-24)35-33(41)42-23-30-28-12-6-4-10-26(28)27-11-5-7-13-29(27)30/h1-13,25,30H,14-23H2,(H,35,41)(H,38,39). The monoisotopic (exact) mass is 567 g/mol. The van der Waals surface area contributed by atoms with Gasteiger partial charge in [-0.05, 0) is 53.5 Å². The minimum absolute atomic E-state index is 0.0281. The van der Waals surface area contributed by atoms with Crippen molar-refractivity contribution in [2.45, 2.75) is 56.1 Å². The van der Waals surface area contributed by atoms with Gasteiger partial charge in [-0.2, -0.15) is 0 Å². The number of carboxylic acids is 1. The summed E-state index contributed by atoms with van der Waals surface area (Å²) >= 11 is 0. The van der Waals surface area contributed by atoms with Gasteiger partial charge in [-0.1, -0.05) is 78.9 Å². The Bertz CT molecular complexity index is 1400. The molecule has 2 aliphatic carbocycles. The number of aliphatic carboxylic acids is 1. The number of carbonyl (C=O) groups is 3. The molecule has 3 aromatic carbocycles. The zero-order chi connectivity index (χ0) is 29.1. The highest BCUT2D eigenvalue weighted by Gasteiger charge is 2.48. The third-order valence-corrected chi connectivity index (χ3v) is 8.87. The molecule has 1 saturated carbocycles. The van der Waals surface area contributed by atoms with Gasteiger partial charge in [-0.25, -0.2) is 4.79 Å². The van der Waals surface area contributed by atoms with Crippen LogP contribution in [0, 0.1) is 0 Å². The van der Waals surface area contributed by atoms with Gasteiger partial charge in [-0.3, -0.25) is 14.5 Å². The molecule has 42 heavy (non-hydrogen) atoms. The molecule has 3 aliphatic rings. The van der Waals surface area contributed by atoms with Crippen LogP contribution < -0.4 is 5.32 Å². The van der Waals surface area contributed by atoms with Crippen LogP contribution >= 0.6 is 0 Å². The highest BCUT2D eigenvalue weighted by Crippen LogP contribution is 2.44. The van der Waals surface area contributed by atoms with Gasteiger partial charge in [0.2, 0.25) is 5.91 Å². The van der Waals surface area contributed by atoms with Gasteiger partial charge in [0.25, 0.3) is 0 Å². The highest BCUT2D eigenvalue weighted by molar-refractivity contribution is 5.91. The minimum Gasteiger partial charge on any atom is -0.481 e. The van der Waals surface area contributed by atoms with Crippen molar-refractivity contribution < 1.29 is 24.2 Å². The van der Waals surface area contributed by atoms with Crippen LogP contribution in [0.25, 0.3) is 11.1 Å². The first kappa shape index (κ1) is 28.0. The first-order valence-corrected chi connectivity index (χ1v) is 14.9. The van der Waals surface area contributed by atoms with Crippen LogP contribution in [0.2, 0.25) is 0 Å². The van der Waals surface area contributed by atoms with Crippen LogP contribution in [-0.4, -0.2) is 70.7 Å². The molecular weight excluding hydrogens is 530 g/mol. The van der Waals surface area contributed by atoms with E-state index in [1.165, 1.54) is 5.56 Å². The maximum atomic E-state index is 14.1. The number of hydrogen-bond acceptors (Lipinski definition) is 5. The molecule has 2 amide bonds. The number of rotatable bonds is 10. The largest absolute Gasteiger partial charge is 0.481 e. The lowest BCUT2D eigenvalue weighted by Gasteiger charge is -2.43. The van der Waals surface area contributed by atoms with Gasteiger partial charge in [0, 0.05) is 38.1 Å². The average Bonchev–Trinajstić information content (AvgIpc) is 3.79. The molecule has 6 rings (SSSR count). The van der Waals surface area contributed by atoms with Crippen LogP contribution in [-0.2, 0) is 20.9 Å². The van der Waals surface area contributed by atoms with Gasteiger partial charge < -0.3 is 20.1 Å². The summed E-state index contributed by atoms with van der Waals surface area (Å²) in [4.78, 5) is 42.9. The molecule has 8 heteroatoms. The number of ether oxygens (including phenoxy) is 1. The van der Waals surface area contributed by atoms with Crippen molar-refractivity contribution in [3.63, 3.8) is 0 Å². The molecule has 1 heterocycles. The summed E-state index contributed by atoms with van der Waals surface area (Å²) in [6.45, 7) is 2.32. The topological polar surface area (TPSA) is 99.2 Å². The zero-order valence-electron chi connectivity index (χ0n) is 23.7. The smallest absolute Gasteiger partial charge is 0.408 e. The minimum atomic E-state index is -1.14. The van der Waals surface area contributed by atoms with Crippen LogP contribution in [0.15, 0.2) is 78.9 Å². The Labute approximate surface area is 246 Å². The lowest BCUT2D eigenvalue weighted by Crippen LogP contribution is -2.64. The summed E-state index contributed by atoms with van der Waals surface area (Å²) in [5.74, 6) is -1.22. The number of carbonyl (C=O) groups excluding carboxylic acids is 2. The van der Waals surface area contributed by atoms with E-state index in [-0.39, 0.29) is 37.4 Å².